The van der Waals surface area contributed by atoms with Crippen LogP contribution in [0.5, 0.6) is 0 Å². The molecule has 51 heavy (non-hydrogen) atoms. The average molecular weight is 649 g/mol. The second kappa shape index (κ2) is 12.6. The fraction of sp³-hybridized carbons (Fsp3) is 0.0204. The maximum Gasteiger partial charge on any atom is 0.0998 e. The topological polar surface area (TPSA) is 36.7 Å². The van der Waals surface area contributed by atoms with Crippen molar-refractivity contribution < 1.29 is 0 Å². The Morgan fingerprint density at radius 1 is 0.392 bits per heavy atom. The molecule has 0 amide bonds. The summed E-state index contributed by atoms with van der Waals surface area (Å²) in [6.07, 6.45) is 1.84. The first-order chi connectivity index (χ1) is 25.3. The first-order valence-corrected chi connectivity index (χ1v) is 17.3. The molecule has 0 N–H and O–H groups in total. The Labute approximate surface area is 298 Å². The quantitative estimate of drug-likeness (QED) is 0.180. The van der Waals surface area contributed by atoms with Crippen LogP contribution in [0.25, 0.3) is 55.8 Å². The smallest absolute Gasteiger partial charge is 0.0998 e. The van der Waals surface area contributed by atoms with Crippen molar-refractivity contribution in [2.24, 2.45) is 0 Å². The maximum atomic E-state index is 9.85. The lowest BCUT2D eigenvalue weighted by molar-refractivity contribution is 0.768. The van der Waals surface area contributed by atoms with Gasteiger partial charge < -0.3 is 0 Å². The van der Waals surface area contributed by atoms with Crippen LogP contribution in [0.3, 0.4) is 0 Å². The van der Waals surface area contributed by atoms with Gasteiger partial charge in [0.2, 0.25) is 0 Å². The minimum atomic E-state index is -0.504. The van der Waals surface area contributed by atoms with Gasteiger partial charge in [-0.25, -0.2) is 0 Å². The minimum absolute atomic E-state index is 0.504. The molecule has 1 aliphatic carbocycles. The zero-order chi connectivity index (χ0) is 34.2. The van der Waals surface area contributed by atoms with Crippen molar-refractivity contribution >= 4 is 0 Å². The molecule has 0 saturated heterocycles. The lowest BCUT2D eigenvalue weighted by Gasteiger charge is -2.34. The second-order valence-corrected chi connectivity index (χ2v) is 13.0. The van der Waals surface area contributed by atoms with Crippen LogP contribution in [-0.2, 0) is 5.41 Å². The van der Waals surface area contributed by atoms with Gasteiger partial charge >= 0.3 is 0 Å². The Bertz CT molecular complexity index is 2510. The third kappa shape index (κ3) is 4.91. The molecule has 0 aliphatic heterocycles. The van der Waals surface area contributed by atoms with E-state index in [2.05, 4.69) is 157 Å². The van der Waals surface area contributed by atoms with E-state index in [0.717, 1.165) is 33.5 Å². The molecule has 0 atom stereocenters. The van der Waals surface area contributed by atoms with Gasteiger partial charge in [-0.15, -0.1) is 0 Å². The summed E-state index contributed by atoms with van der Waals surface area (Å²) in [5.74, 6) is 0. The second-order valence-electron chi connectivity index (χ2n) is 13.0. The molecule has 0 spiro atoms. The standard InChI is InChI=1S/C49H32N2/c50-33-38-13-7-8-18-41(38)34-24-28-37(29-25-34)47-42(35-22-26-36(27-23-35)46-21-11-12-32-51-46)30-31-45-48(47)43-19-9-10-20-44(43)49(45,39-14-3-1-4-15-39)40-16-5-2-6-17-40/h1-32H. The highest BCUT2D eigenvalue weighted by atomic mass is 14.7. The Morgan fingerprint density at radius 3 is 1.59 bits per heavy atom. The zero-order valence-corrected chi connectivity index (χ0v) is 27.9. The van der Waals surface area contributed by atoms with Gasteiger partial charge in [-0.1, -0.05) is 170 Å². The summed E-state index contributed by atoms with van der Waals surface area (Å²) in [5, 5.41) is 9.85. The van der Waals surface area contributed by atoms with Crippen molar-refractivity contribution in [1.29, 1.82) is 5.26 Å². The molecule has 2 nitrogen and oxygen atoms in total. The van der Waals surface area contributed by atoms with Crippen LogP contribution in [0.1, 0.15) is 27.8 Å². The van der Waals surface area contributed by atoms with Crippen molar-refractivity contribution in [3.63, 3.8) is 0 Å². The summed E-state index contributed by atoms with van der Waals surface area (Å²) in [5.41, 5.74) is 16.3. The van der Waals surface area contributed by atoms with E-state index >= 15 is 0 Å². The number of hydrogen-bond donors (Lipinski definition) is 0. The first-order valence-electron chi connectivity index (χ1n) is 17.3. The van der Waals surface area contributed by atoms with Crippen LogP contribution in [0.15, 0.2) is 194 Å². The molecule has 8 aromatic rings. The molecule has 0 unspecified atom stereocenters. The van der Waals surface area contributed by atoms with Crippen LogP contribution in [0.4, 0.5) is 0 Å². The van der Waals surface area contributed by atoms with E-state index in [1.165, 1.54) is 44.5 Å². The van der Waals surface area contributed by atoms with E-state index < -0.39 is 5.41 Å². The highest BCUT2D eigenvalue weighted by Gasteiger charge is 2.47. The van der Waals surface area contributed by atoms with Crippen molar-refractivity contribution in [3.05, 3.63) is 222 Å². The summed E-state index contributed by atoms with van der Waals surface area (Å²) in [7, 11) is 0. The Hall–Kier alpha value is -6.82. The van der Waals surface area contributed by atoms with E-state index in [9.17, 15) is 5.26 Å². The predicted molar refractivity (Wildman–Crippen MR) is 208 cm³/mol. The highest BCUT2D eigenvalue weighted by molar-refractivity contribution is 6.02. The molecule has 1 heterocycles. The molecule has 0 bridgehead atoms. The molecule has 7 aromatic carbocycles. The minimum Gasteiger partial charge on any atom is -0.256 e. The largest absolute Gasteiger partial charge is 0.256 e. The summed E-state index contributed by atoms with van der Waals surface area (Å²) in [6, 6.07) is 69.2. The molecule has 0 fully saturated rings. The SMILES string of the molecule is N#Cc1ccccc1-c1ccc(-c2c(-c3ccc(-c4ccccn4)cc3)ccc3c2-c2ccccc2C3(c2ccccc2)c2ccccc2)cc1. The van der Waals surface area contributed by atoms with E-state index in [4.69, 9.17) is 0 Å². The first kappa shape index (κ1) is 30.3. The van der Waals surface area contributed by atoms with E-state index in [1.54, 1.807) is 0 Å². The van der Waals surface area contributed by atoms with Crippen molar-refractivity contribution in [2.45, 2.75) is 5.41 Å². The third-order valence-corrected chi connectivity index (χ3v) is 10.3. The molecule has 2 heteroatoms. The fourth-order valence-corrected chi connectivity index (χ4v) is 8.08. The van der Waals surface area contributed by atoms with Crippen LogP contribution in [0, 0.1) is 11.3 Å². The summed E-state index contributed by atoms with van der Waals surface area (Å²) in [6.45, 7) is 0. The predicted octanol–water partition coefficient (Wildman–Crippen LogP) is 12.0. The van der Waals surface area contributed by atoms with Crippen LogP contribution in [0.2, 0.25) is 0 Å². The van der Waals surface area contributed by atoms with Crippen molar-refractivity contribution in [3.8, 4) is 61.8 Å². The van der Waals surface area contributed by atoms with Gasteiger partial charge in [-0.2, -0.15) is 5.26 Å². The van der Waals surface area contributed by atoms with Gasteiger partial charge in [0.25, 0.3) is 0 Å². The fourth-order valence-electron chi connectivity index (χ4n) is 8.08. The van der Waals surface area contributed by atoms with Gasteiger partial charge in [-0.3, -0.25) is 4.98 Å². The van der Waals surface area contributed by atoms with Crippen LogP contribution < -0.4 is 0 Å². The lowest BCUT2D eigenvalue weighted by Crippen LogP contribution is -2.28. The highest BCUT2D eigenvalue weighted by Crippen LogP contribution is 2.59. The number of pyridine rings is 1. The molecule has 0 saturated carbocycles. The number of nitriles is 1. The number of aromatic nitrogens is 1. The van der Waals surface area contributed by atoms with Crippen molar-refractivity contribution in [1.82, 2.24) is 4.98 Å². The number of benzene rings is 7. The van der Waals surface area contributed by atoms with Gasteiger partial charge in [-0.05, 0) is 85.0 Å². The number of fused-ring (bicyclic) bond motifs is 3. The number of hydrogen-bond acceptors (Lipinski definition) is 2. The molecule has 1 aliphatic rings. The van der Waals surface area contributed by atoms with Crippen LogP contribution in [-0.4, -0.2) is 4.98 Å². The third-order valence-electron chi connectivity index (χ3n) is 10.3. The summed E-state index contributed by atoms with van der Waals surface area (Å²) in [4.78, 5) is 4.59. The molecule has 9 rings (SSSR count). The zero-order valence-electron chi connectivity index (χ0n) is 27.9. The van der Waals surface area contributed by atoms with E-state index in [-0.39, 0.29) is 0 Å². The average Bonchev–Trinajstić information content (AvgIpc) is 3.53. The Morgan fingerprint density at radius 2 is 0.941 bits per heavy atom. The summed E-state index contributed by atoms with van der Waals surface area (Å²) < 4.78 is 0. The van der Waals surface area contributed by atoms with E-state index in [0.29, 0.717) is 5.56 Å². The van der Waals surface area contributed by atoms with Gasteiger partial charge in [0, 0.05) is 11.8 Å². The van der Waals surface area contributed by atoms with Crippen molar-refractivity contribution in [2.75, 3.05) is 0 Å². The molecule has 238 valence electrons. The monoisotopic (exact) mass is 648 g/mol. The molecular weight excluding hydrogens is 617 g/mol. The van der Waals surface area contributed by atoms with Gasteiger partial charge in [0.1, 0.15) is 0 Å². The molecule has 0 radical (unpaired) electrons. The van der Waals surface area contributed by atoms with Crippen LogP contribution >= 0.6 is 0 Å². The van der Waals surface area contributed by atoms with Gasteiger partial charge in [0.15, 0.2) is 0 Å². The number of rotatable bonds is 6. The van der Waals surface area contributed by atoms with E-state index in [1.807, 2.05) is 48.7 Å². The normalized spacial score (nSPS) is 12.5. The Kier molecular flexibility index (Phi) is 7.46. The maximum absolute atomic E-state index is 9.85. The number of nitrogens with zero attached hydrogens (tertiary/aromatic N) is 2. The Balaban J connectivity index is 1.33. The molecular formula is C49H32N2. The van der Waals surface area contributed by atoms with Gasteiger partial charge in [0.05, 0.1) is 22.7 Å². The molecule has 1 aromatic heterocycles. The summed E-state index contributed by atoms with van der Waals surface area (Å²) >= 11 is 0. The lowest BCUT2D eigenvalue weighted by atomic mass is 9.67.